The number of anilines is 1. The third-order valence-corrected chi connectivity index (χ3v) is 5.55. The van der Waals surface area contributed by atoms with Crippen molar-refractivity contribution in [2.45, 2.75) is 6.54 Å². The molecule has 144 valence electrons. The number of hydrazone groups is 1. The molecule has 1 aliphatic rings. The fourth-order valence-corrected chi connectivity index (χ4v) is 3.83. The Kier molecular flexibility index (Phi) is 5.58. The average molecular weight is 374 g/mol. The number of hydrogen-bond donors (Lipinski definition) is 1. The van der Waals surface area contributed by atoms with Gasteiger partial charge in [-0.1, -0.05) is 54.6 Å². The Morgan fingerprint density at radius 1 is 0.929 bits per heavy atom. The molecule has 3 aromatic carbocycles. The summed E-state index contributed by atoms with van der Waals surface area (Å²) in [6.45, 7) is 5.35. The van der Waals surface area contributed by atoms with Gasteiger partial charge in [0.2, 0.25) is 0 Å². The lowest BCUT2D eigenvalue weighted by molar-refractivity contribution is -0.918. The SMILES string of the molecule is CN(C)c1ccc(/C=N\N2CC[NH+](Cc3cccc4ccccc34)CC2)cc1. The molecule has 1 aliphatic heterocycles. The minimum absolute atomic E-state index is 1.01. The summed E-state index contributed by atoms with van der Waals surface area (Å²) < 4.78 is 0. The van der Waals surface area contributed by atoms with E-state index in [1.54, 1.807) is 4.90 Å². The summed E-state index contributed by atoms with van der Waals surface area (Å²) in [5.74, 6) is 0. The zero-order valence-electron chi connectivity index (χ0n) is 16.8. The Balaban J connectivity index is 1.33. The van der Waals surface area contributed by atoms with Crippen LogP contribution in [-0.4, -0.2) is 51.5 Å². The van der Waals surface area contributed by atoms with E-state index in [0.29, 0.717) is 0 Å². The highest BCUT2D eigenvalue weighted by atomic mass is 15.5. The lowest BCUT2D eigenvalue weighted by Crippen LogP contribution is -3.13. The largest absolute Gasteiger partial charge is 0.378 e. The molecule has 0 bridgehead atoms. The first-order valence-corrected chi connectivity index (χ1v) is 10.1. The maximum absolute atomic E-state index is 4.70. The third-order valence-electron chi connectivity index (χ3n) is 5.55. The van der Waals surface area contributed by atoms with Crippen LogP contribution in [0.5, 0.6) is 0 Å². The van der Waals surface area contributed by atoms with Crippen molar-refractivity contribution in [2.24, 2.45) is 5.10 Å². The molecule has 4 rings (SSSR count). The van der Waals surface area contributed by atoms with Crippen LogP contribution < -0.4 is 9.80 Å². The number of rotatable bonds is 5. The van der Waals surface area contributed by atoms with Gasteiger partial charge in [-0.15, -0.1) is 0 Å². The predicted molar refractivity (Wildman–Crippen MR) is 118 cm³/mol. The predicted octanol–water partition coefficient (Wildman–Crippen LogP) is 2.64. The first-order valence-electron chi connectivity index (χ1n) is 10.1. The second-order valence-electron chi connectivity index (χ2n) is 7.75. The molecule has 0 unspecified atom stereocenters. The normalized spacial score (nSPS) is 15.4. The average Bonchev–Trinajstić information content (AvgIpc) is 2.74. The van der Waals surface area contributed by atoms with Crippen molar-refractivity contribution >= 4 is 22.7 Å². The molecule has 1 saturated heterocycles. The van der Waals surface area contributed by atoms with Gasteiger partial charge in [-0.05, 0) is 28.5 Å². The monoisotopic (exact) mass is 373 g/mol. The van der Waals surface area contributed by atoms with Crippen molar-refractivity contribution in [3.05, 3.63) is 77.9 Å². The molecular weight excluding hydrogens is 344 g/mol. The topological polar surface area (TPSA) is 23.3 Å². The fourth-order valence-electron chi connectivity index (χ4n) is 3.83. The van der Waals surface area contributed by atoms with Crippen LogP contribution in [0.15, 0.2) is 71.8 Å². The number of benzene rings is 3. The smallest absolute Gasteiger partial charge is 0.104 e. The summed E-state index contributed by atoms with van der Waals surface area (Å²) >= 11 is 0. The summed E-state index contributed by atoms with van der Waals surface area (Å²) in [5, 5.41) is 9.63. The number of fused-ring (bicyclic) bond motifs is 1. The quantitative estimate of drug-likeness (QED) is 0.695. The molecule has 0 spiro atoms. The van der Waals surface area contributed by atoms with E-state index in [4.69, 9.17) is 5.10 Å². The van der Waals surface area contributed by atoms with E-state index in [9.17, 15) is 0 Å². The maximum Gasteiger partial charge on any atom is 0.104 e. The van der Waals surface area contributed by atoms with E-state index in [0.717, 1.165) is 38.3 Å². The van der Waals surface area contributed by atoms with Crippen LogP contribution in [0.3, 0.4) is 0 Å². The number of nitrogens with one attached hydrogen (secondary N) is 1. The van der Waals surface area contributed by atoms with Gasteiger partial charge in [0.15, 0.2) is 0 Å². The Labute approximate surface area is 167 Å². The fraction of sp³-hybridized carbons (Fsp3) is 0.292. The van der Waals surface area contributed by atoms with Gasteiger partial charge < -0.3 is 9.80 Å². The lowest BCUT2D eigenvalue weighted by Gasteiger charge is -2.30. The number of piperazine rings is 1. The second-order valence-corrected chi connectivity index (χ2v) is 7.75. The van der Waals surface area contributed by atoms with Crippen molar-refractivity contribution < 1.29 is 4.90 Å². The third kappa shape index (κ3) is 4.34. The number of nitrogens with zero attached hydrogens (tertiary/aromatic N) is 3. The van der Waals surface area contributed by atoms with Crippen molar-refractivity contribution in [3.63, 3.8) is 0 Å². The molecule has 0 atom stereocenters. The van der Waals surface area contributed by atoms with Crippen LogP contribution in [0, 0.1) is 0 Å². The van der Waals surface area contributed by atoms with E-state index >= 15 is 0 Å². The standard InChI is InChI=1S/C24H28N4/c1-26(2)23-12-10-20(11-13-23)18-25-28-16-14-27(15-17-28)19-22-8-5-7-21-6-3-4-9-24(21)22/h3-13,18H,14-17,19H2,1-2H3/p+1/b25-18-. The van der Waals surface area contributed by atoms with Crippen LogP contribution >= 0.6 is 0 Å². The van der Waals surface area contributed by atoms with Gasteiger partial charge in [-0.3, -0.25) is 5.01 Å². The Bertz CT molecular complexity index is 933. The highest BCUT2D eigenvalue weighted by Crippen LogP contribution is 2.17. The highest BCUT2D eigenvalue weighted by molar-refractivity contribution is 5.85. The Hall–Kier alpha value is -2.85. The van der Waals surface area contributed by atoms with E-state index in [2.05, 4.69) is 90.7 Å². The van der Waals surface area contributed by atoms with Crippen LogP contribution in [-0.2, 0) is 6.54 Å². The highest BCUT2D eigenvalue weighted by Gasteiger charge is 2.19. The van der Waals surface area contributed by atoms with Gasteiger partial charge in [0.05, 0.1) is 32.4 Å². The van der Waals surface area contributed by atoms with Gasteiger partial charge in [0, 0.05) is 25.3 Å². The Morgan fingerprint density at radius 2 is 1.64 bits per heavy atom. The molecule has 0 amide bonds. The molecule has 4 nitrogen and oxygen atoms in total. The molecule has 3 aromatic rings. The van der Waals surface area contributed by atoms with Gasteiger partial charge >= 0.3 is 0 Å². The van der Waals surface area contributed by atoms with E-state index in [1.165, 1.54) is 22.0 Å². The van der Waals surface area contributed by atoms with Crippen molar-refractivity contribution in [1.29, 1.82) is 0 Å². The summed E-state index contributed by atoms with van der Waals surface area (Å²) in [4.78, 5) is 3.75. The van der Waals surface area contributed by atoms with Crippen LogP contribution in [0.25, 0.3) is 10.8 Å². The Morgan fingerprint density at radius 3 is 2.39 bits per heavy atom. The van der Waals surface area contributed by atoms with Crippen LogP contribution in [0.2, 0.25) is 0 Å². The maximum atomic E-state index is 4.70. The molecule has 0 saturated carbocycles. The minimum atomic E-state index is 1.01. The van der Waals surface area contributed by atoms with Gasteiger partial charge in [-0.25, -0.2) is 0 Å². The van der Waals surface area contributed by atoms with Gasteiger partial charge in [0.25, 0.3) is 0 Å². The van der Waals surface area contributed by atoms with Crippen molar-refractivity contribution in [2.75, 3.05) is 45.2 Å². The van der Waals surface area contributed by atoms with E-state index in [-0.39, 0.29) is 0 Å². The molecule has 0 aromatic heterocycles. The molecular formula is C24H29N4+. The first kappa shape index (κ1) is 18.5. The van der Waals surface area contributed by atoms with Crippen LogP contribution in [0.1, 0.15) is 11.1 Å². The van der Waals surface area contributed by atoms with Crippen molar-refractivity contribution in [1.82, 2.24) is 5.01 Å². The molecule has 1 N–H and O–H groups in total. The minimum Gasteiger partial charge on any atom is -0.378 e. The molecule has 28 heavy (non-hydrogen) atoms. The van der Waals surface area contributed by atoms with Gasteiger partial charge in [-0.2, -0.15) is 5.10 Å². The number of hydrogen-bond acceptors (Lipinski definition) is 3. The molecule has 0 aliphatic carbocycles. The van der Waals surface area contributed by atoms with E-state index in [1.807, 2.05) is 6.21 Å². The van der Waals surface area contributed by atoms with E-state index < -0.39 is 0 Å². The zero-order valence-corrected chi connectivity index (χ0v) is 16.8. The first-order chi connectivity index (χ1) is 13.7. The molecule has 1 heterocycles. The van der Waals surface area contributed by atoms with Crippen LogP contribution in [0.4, 0.5) is 5.69 Å². The summed E-state index contributed by atoms with van der Waals surface area (Å²) in [7, 11) is 4.12. The summed E-state index contributed by atoms with van der Waals surface area (Å²) in [6.07, 6.45) is 1.98. The van der Waals surface area contributed by atoms with Gasteiger partial charge in [0.1, 0.15) is 6.54 Å². The summed E-state index contributed by atoms with van der Waals surface area (Å²) in [5.41, 5.74) is 3.81. The molecule has 0 radical (unpaired) electrons. The zero-order chi connectivity index (χ0) is 19.3. The summed E-state index contributed by atoms with van der Waals surface area (Å²) in [6, 6.07) is 23.9. The van der Waals surface area contributed by atoms with Crippen molar-refractivity contribution in [3.8, 4) is 0 Å². The lowest BCUT2D eigenvalue weighted by atomic mass is 10.0. The molecule has 1 fully saturated rings. The number of quaternary nitrogens is 1. The molecule has 4 heteroatoms. The second kappa shape index (κ2) is 8.44.